The molecule has 0 radical (unpaired) electrons. The monoisotopic (exact) mass is 319 g/mol. The predicted molar refractivity (Wildman–Crippen MR) is 87.5 cm³/mol. The number of likely N-dealkylation sites (tertiary alicyclic amines) is 1. The Morgan fingerprint density at radius 3 is 2.48 bits per heavy atom. The van der Waals surface area contributed by atoms with Gasteiger partial charge < -0.3 is 14.7 Å². The minimum Gasteiger partial charge on any atom is -0.481 e. The van der Waals surface area contributed by atoms with Crippen molar-refractivity contribution in [2.24, 2.45) is 5.92 Å². The third-order valence-electron chi connectivity index (χ3n) is 4.17. The fourth-order valence-corrected chi connectivity index (χ4v) is 3.07. The second-order valence-corrected chi connectivity index (χ2v) is 7.12. The van der Waals surface area contributed by atoms with Gasteiger partial charge in [-0.3, -0.25) is 4.79 Å². The molecule has 5 heteroatoms. The summed E-state index contributed by atoms with van der Waals surface area (Å²) < 4.78 is 5.36. The third kappa shape index (κ3) is 4.24. The van der Waals surface area contributed by atoms with E-state index in [1.807, 2.05) is 31.2 Å². The van der Waals surface area contributed by atoms with Crippen LogP contribution in [0.1, 0.15) is 44.2 Å². The minimum absolute atomic E-state index is 0.0765. The number of aliphatic carboxylic acids is 1. The van der Waals surface area contributed by atoms with E-state index in [0.717, 1.165) is 11.1 Å². The van der Waals surface area contributed by atoms with Crippen molar-refractivity contribution in [3.8, 4) is 0 Å². The molecule has 0 bridgehead atoms. The van der Waals surface area contributed by atoms with E-state index in [0.29, 0.717) is 13.0 Å². The first-order chi connectivity index (χ1) is 10.7. The first-order valence-corrected chi connectivity index (χ1v) is 7.95. The summed E-state index contributed by atoms with van der Waals surface area (Å²) in [5.74, 6) is -1.56. The number of hydrogen-bond donors (Lipinski definition) is 1. The van der Waals surface area contributed by atoms with Crippen molar-refractivity contribution in [2.75, 3.05) is 13.1 Å². The molecule has 2 atom stereocenters. The van der Waals surface area contributed by atoms with Gasteiger partial charge in [0, 0.05) is 19.0 Å². The number of carbonyl (C=O) groups excluding carboxylic acids is 1. The molecule has 126 valence electrons. The molecule has 1 aliphatic heterocycles. The van der Waals surface area contributed by atoms with Crippen molar-refractivity contribution in [3.63, 3.8) is 0 Å². The van der Waals surface area contributed by atoms with Crippen molar-refractivity contribution < 1.29 is 19.4 Å². The number of nitrogens with zero attached hydrogens (tertiary/aromatic N) is 1. The van der Waals surface area contributed by atoms with E-state index in [-0.39, 0.29) is 12.5 Å². The van der Waals surface area contributed by atoms with Crippen molar-refractivity contribution in [3.05, 3.63) is 35.4 Å². The topological polar surface area (TPSA) is 66.8 Å². The van der Waals surface area contributed by atoms with Crippen LogP contribution in [0.2, 0.25) is 0 Å². The number of benzene rings is 1. The van der Waals surface area contributed by atoms with E-state index in [2.05, 4.69) is 0 Å². The van der Waals surface area contributed by atoms with Gasteiger partial charge in [-0.25, -0.2) is 4.79 Å². The highest BCUT2D eigenvalue weighted by molar-refractivity contribution is 5.74. The summed E-state index contributed by atoms with van der Waals surface area (Å²) in [7, 11) is 0. The predicted octanol–water partition coefficient (Wildman–Crippen LogP) is 3.42. The molecule has 1 saturated heterocycles. The summed E-state index contributed by atoms with van der Waals surface area (Å²) in [4.78, 5) is 25.4. The van der Waals surface area contributed by atoms with Gasteiger partial charge in [0.15, 0.2) is 0 Å². The minimum atomic E-state index is -0.869. The van der Waals surface area contributed by atoms with Gasteiger partial charge >= 0.3 is 12.1 Å². The largest absolute Gasteiger partial charge is 0.481 e. The van der Waals surface area contributed by atoms with Gasteiger partial charge in [0.05, 0.1) is 5.92 Å². The molecule has 2 rings (SSSR count). The summed E-state index contributed by atoms with van der Waals surface area (Å²) in [5.41, 5.74) is 1.57. The van der Waals surface area contributed by atoms with Crippen LogP contribution < -0.4 is 0 Å². The number of rotatable bonds is 2. The zero-order valence-corrected chi connectivity index (χ0v) is 14.2. The molecular weight excluding hydrogens is 294 g/mol. The summed E-state index contributed by atoms with van der Waals surface area (Å²) in [6, 6.07) is 7.86. The lowest BCUT2D eigenvalue weighted by Gasteiger charge is -2.37. The molecule has 2 unspecified atom stereocenters. The maximum Gasteiger partial charge on any atom is 0.410 e. The van der Waals surface area contributed by atoms with Crippen LogP contribution in [0.25, 0.3) is 0 Å². The molecule has 0 spiro atoms. The second-order valence-electron chi connectivity index (χ2n) is 7.12. The Bertz CT molecular complexity index is 591. The van der Waals surface area contributed by atoms with Crippen molar-refractivity contribution in [2.45, 2.75) is 45.6 Å². The molecule has 1 aromatic carbocycles. The van der Waals surface area contributed by atoms with Gasteiger partial charge in [0.1, 0.15) is 5.60 Å². The Kier molecular flexibility index (Phi) is 4.97. The highest BCUT2D eigenvalue weighted by atomic mass is 16.6. The molecule has 0 aliphatic carbocycles. The van der Waals surface area contributed by atoms with E-state index < -0.39 is 23.6 Å². The van der Waals surface area contributed by atoms with Crippen molar-refractivity contribution >= 4 is 12.1 Å². The molecular formula is C18H25NO4. The van der Waals surface area contributed by atoms with Gasteiger partial charge in [-0.2, -0.15) is 0 Å². The number of aryl methyl sites for hydroxylation is 1. The van der Waals surface area contributed by atoms with E-state index in [4.69, 9.17) is 4.74 Å². The Balaban J connectivity index is 2.17. The zero-order valence-electron chi connectivity index (χ0n) is 14.2. The highest BCUT2D eigenvalue weighted by Crippen LogP contribution is 2.35. The summed E-state index contributed by atoms with van der Waals surface area (Å²) in [6.45, 7) is 8.11. The number of ether oxygens (including phenoxy) is 1. The maximum absolute atomic E-state index is 12.2. The van der Waals surface area contributed by atoms with Gasteiger partial charge in [-0.15, -0.1) is 0 Å². The molecule has 1 aromatic rings. The standard InChI is InChI=1S/C18H25NO4/c1-12-7-5-6-8-13(12)14-9-10-19(11-15(14)16(20)21)17(22)23-18(2,3)4/h5-8,14-15H,9-11H2,1-4H3,(H,20,21). The number of hydrogen-bond acceptors (Lipinski definition) is 3. The summed E-state index contributed by atoms with van der Waals surface area (Å²) in [6.07, 6.45) is 0.188. The van der Waals surface area contributed by atoms with Crippen LogP contribution in [0.3, 0.4) is 0 Å². The molecule has 1 amide bonds. The van der Waals surface area contributed by atoms with Crippen LogP contribution >= 0.6 is 0 Å². The quantitative estimate of drug-likeness (QED) is 0.907. The summed E-state index contributed by atoms with van der Waals surface area (Å²) >= 11 is 0. The molecule has 1 aliphatic rings. The van der Waals surface area contributed by atoms with Crippen LogP contribution in [0, 0.1) is 12.8 Å². The van der Waals surface area contributed by atoms with Crippen molar-refractivity contribution in [1.29, 1.82) is 0 Å². The Morgan fingerprint density at radius 2 is 1.91 bits per heavy atom. The second kappa shape index (κ2) is 6.60. The fraction of sp³-hybridized carbons (Fsp3) is 0.556. The van der Waals surface area contributed by atoms with Crippen LogP contribution in [-0.2, 0) is 9.53 Å². The molecule has 5 nitrogen and oxygen atoms in total. The van der Waals surface area contributed by atoms with Crippen LogP contribution in [0.15, 0.2) is 24.3 Å². The lowest BCUT2D eigenvalue weighted by Crippen LogP contribution is -2.47. The summed E-state index contributed by atoms with van der Waals surface area (Å²) in [5, 5.41) is 9.61. The average molecular weight is 319 g/mol. The SMILES string of the molecule is Cc1ccccc1C1CCN(C(=O)OC(C)(C)C)CC1C(=O)O. The number of piperidine rings is 1. The van der Waals surface area contributed by atoms with Gasteiger partial charge in [0.25, 0.3) is 0 Å². The number of carboxylic acid groups (broad SMARTS) is 1. The maximum atomic E-state index is 12.2. The Morgan fingerprint density at radius 1 is 1.26 bits per heavy atom. The smallest absolute Gasteiger partial charge is 0.410 e. The zero-order chi connectivity index (χ0) is 17.2. The average Bonchev–Trinajstić information content (AvgIpc) is 2.45. The van der Waals surface area contributed by atoms with E-state index >= 15 is 0 Å². The molecule has 0 aromatic heterocycles. The van der Waals surface area contributed by atoms with Gasteiger partial charge in [-0.1, -0.05) is 24.3 Å². The molecule has 0 saturated carbocycles. The van der Waals surface area contributed by atoms with E-state index in [1.165, 1.54) is 4.90 Å². The molecule has 23 heavy (non-hydrogen) atoms. The van der Waals surface area contributed by atoms with Gasteiger partial charge in [0.2, 0.25) is 0 Å². The highest BCUT2D eigenvalue weighted by Gasteiger charge is 2.38. The fourth-order valence-electron chi connectivity index (χ4n) is 3.07. The van der Waals surface area contributed by atoms with E-state index in [9.17, 15) is 14.7 Å². The molecule has 1 N–H and O–H groups in total. The third-order valence-corrected chi connectivity index (χ3v) is 4.17. The first-order valence-electron chi connectivity index (χ1n) is 7.95. The first kappa shape index (κ1) is 17.3. The molecule has 1 heterocycles. The van der Waals surface area contributed by atoms with Crippen molar-refractivity contribution in [1.82, 2.24) is 4.90 Å². The normalized spacial score (nSPS) is 21.8. The molecule has 1 fully saturated rings. The van der Waals surface area contributed by atoms with Gasteiger partial charge in [-0.05, 0) is 45.2 Å². The lowest BCUT2D eigenvalue weighted by molar-refractivity contribution is -0.144. The number of amides is 1. The van der Waals surface area contributed by atoms with Crippen LogP contribution in [0.4, 0.5) is 4.79 Å². The number of carbonyl (C=O) groups is 2. The Labute approximate surface area is 137 Å². The van der Waals surface area contributed by atoms with Crippen LogP contribution in [0.5, 0.6) is 0 Å². The van der Waals surface area contributed by atoms with Crippen LogP contribution in [-0.4, -0.2) is 40.8 Å². The lowest BCUT2D eigenvalue weighted by atomic mass is 9.79. The van der Waals surface area contributed by atoms with E-state index in [1.54, 1.807) is 20.8 Å². The Hall–Kier alpha value is -2.04. The number of carboxylic acids is 1.